The number of rotatable bonds is 17. The van der Waals surface area contributed by atoms with Crippen molar-refractivity contribution in [2.24, 2.45) is 17.2 Å². The largest absolute Gasteiger partial charge is 0.368 e. The van der Waals surface area contributed by atoms with E-state index < -0.39 is 77.7 Å². The van der Waals surface area contributed by atoms with Crippen molar-refractivity contribution in [1.82, 2.24) is 46.9 Å². The molecule has 0 unspecified atom stereocenters. The van der Waals surface area contributed by atoms with Gasteiger partial charge in [-0.25, -0.2) is 9.80 Å². The number of benzene rings is 2. The molecule has 4 rings (SSSR count). The van der Waals surface area contributed by atoms with Gasteiger partial charge in [0.1, 0.15) is 36.8 Å². The molecule has 2 aromatic carbocycles. The minimum atomic E-state index is -1.28. The van der Waals surface area contributed by atoms with Crippen LogP contribution in [0.5, 0.6) is 0 Å². The topological polar surface area (TPSA) is 292 Å². The monoisotopic (exact) mass is 897 g/mol. The van der Waals surface area contributed by atoms with Gasteiger partial charge in [0.2, 0.25) is 29.5 Å². The van der Waals surface area contributed by atoms with Crippen LogP contribution in [0, 0.1) is 11.8 Å². The van der Waals surface area contributed by atoms with E-state index in [-0.39, 0.29) is 38.8 Å². The molecular weight excluding hydrogens is 833 g/mol. The molecular formula is C46H64N12O7. The van der Waals surface area contributed by atoms with E-state index in [1.807, 2.05) is 35.2 Å². The van der Waals surface area contributed by atoms with Gasteiger partial charge in [-0.2, -0.15) is 0 Å². The summed E-state index contributed by atoms with van der Waals surface area (Å²) in [5.41, 5.74) is 21.8. The minimum Gasteiger partial charge on any atom is -0.368 e. The average Bonchev–Trinajstić information content (AvgIpc) is 3.69. The zero-order chi connectivity index (χ0) is 47.3. The van der Waals surface area contributed by atoms with Crippen LogP contribution in [0.25, 0.3) is 10.9 Å². The number of nitrogens with two attached hydrogens (primary N) is 3. The Morgan fingerprint density at radius 3 is 2.34 bits per heavy atom. The first kappa shape index (κ1) is 50.9. The Hall–Kier alpha value is -6.75. The van der Waals surface area contributed by atoms with Gasteiger partial charge in [0.15, 0.2) is 0 Å². The molecule has 19 heteroatoms. The zero-order valence-electron chi connectivity index (χ0n) is 37.2. The first-order valence-corrected chi connectivity index (χ1v) is 21.9. The van der Waals surface area contributed by atoms with Crippen molar-refractivity contribution in [3.8, 4) is 11.8 Å². The number of para-hydroxylation sites is 1. The van der Waals surface area contributed by atoms with Gasteiger partial charge in [-0.15, -0.1) is 6.58 Å². The Morgan fingerprint density at radius 2 is 1.63 bits per heavy atom. The lowest BCUT2D eigenvalue weighted by molar-refractivity contribution is -0.134. The van der Waals surface area contributed by atoms with E-state index in [9.17, 15) is 33.6 Å². The third kappa shape index (κ3) is 16.4. The highest BCUT2D eigenvalue weighted by Crippen LogP contribution is 2.19. The lowest BCUT2D eigenvalue weighted by atomic mass is 10.0. The number of nitrogens with zero attached hydrogens (tertiary/aromatic N) is 2. The van der Waals surface area contributed by atoms with E-state index in [4.69, 9.17) is 17.2 Å². The van der Waals surface area contributed by atoms with Crippen LogP contribution < -0.4 is 49.2 Å². The molecule has 0 radical (unpaired) electrons. The van der Waals surface area contributed by atoms with E-state index in [2.05, 4.69) is 55.4 Å². The Bertz CT molecular complexity index is 2170. The maximum absolute atomic E-state index is 14.3. The first-order valence-electron chi connectivity index (χ1n) is 21.9. The van der Waals surface area contributed by atoms with Crippen molar-refractivity contribution in [1.29, 1.82) is 0 Å². The molecule has 350 valence electrons. The summed E-state index contributed by atoms with van der Waals surface area (Å²) >= 11 is 0. The van der Waals surface area contributed by atoms with Gasteiger partial charge in [0.25, 0.3) is 5.91 Å². The molecule has 2 heterocycles. The molecule has 13 N–H and O–H groups in total. The summed E-state index contributed by atoms with van der Waals surface area (Å²) in [5, 5.41) is 15.4. The number of aromatic amines is 1. The molecule has 0 spiro atoms. The highest BCUT2D eigenvalue weighted by molar-refractivity contribution is 5.97. The van der Waals surface area contributed by atoms with Gasteiger partial charge >= 0.3 is 6.03 Å². The second-order valence-corrected chi connectivity index (χ2v) is 16.1. The summed E-state index contributed by atoms with van der Waals surface area (Å²) < 4.78 is 0. The first-order chi connectivity index (χ1) is 31.2. The number of aromatic nitrogens is 1. The molecule has 65 heavy (non-hydrogen) atoms. The molecule has 0 fully saturated rings. The normalized spacial score (nSPS) is 19.5. The maximum Gasteiger partial charge on any atom is 0.337 e. The van der Waals surface area contributed by atoms with Crippen molar-refractivity contribution in [2.45, 2.75) is 101 Å². The maximum atomic E-state index is 14.3. The SMILES string of the molecule is C=CCN1CC#CCN(NC(=O)[C@H](C)N)C(=O)N[C@H](Cc2c[nH]c3ccccc23)C(=O)N[C@@H](C)C(=O)N[C@H](C(=O)N[C@H](Cc2ccccc2)C(=O)N[C@@H](CCCCN)C(N)=O)CCCC1. The number of nitrogens with one attached hydrogen (secondary N) is 7. The molecule has 1 aliphatic heterocycles. The third-order valence-electron chi connectivity index (χ3n) is 10.8. The minimum absolute atomic E-state index is 0.0211. The number of fused-ring (bicyclic) bond motifs is 1. The predicted molar refractivity (Wildman–Crippen MR) is 247 cm³/mol. The number of hydrazine groups is 1. The van der Waals surface area contributed by atoms with Crippen LogP contribution in [0.2, 0.25) is 0 Å². The fraction of sp³-hybridized carbons (Fsp3) is 0.457. The quantitative estimate of drug-likeness (QED) is 0.0490. The molecule has 0 saturated heterocycles. The number of hydrogen-bond acceptors (Lipinski definition) is 10. The van der Waals surface area contributed by atoms with Crippen LogP contribution in [0.1, 0.15) is 63.5 Å². The number of urea groups is 1. The second-order valence-electron chi connectivity index (χ2n) is 16.1. The molecule has 1 aromatic heterocycles. The molecule has 0 aliphatic carbocycles. The number of carbonyl (C=O) groups is 7. The number of unbranched alkanes of at least 4 members (excludes halogenated alkanes) is 1. The lowest BCUT2D eigenvalue weighted by Gasteiger charge is -2.27. The third-order valence-corrected chi connectivity index (χ3v) is 10.8. The highest BCUT2D eigenvalue weighted by atomic mass is 16.2. The Kier molecular flexibility index (Phi) is 20.5. The summed E-state index contributed by atoms with van der Waals surface area (Å²) in [6, 6.07) is 8.75. The summed E-state index contributed by atoms with van der Waals surface area (Å²) in [6.07, 6.45) is 6.06. The zero-order valence-corrected chi connectivity index (χ0v) is 37.2. The van der Waals surface area contributed by atoms with Gasteiger partial charge in [-0.05, 0) is 82.7 Å². The van der Waals surface area contributed by atoms with E-state index in [0.29, 0.717) is 50.9 Å². The Labute approximate surface area is 379 Å². The van der Waals surface area contributed by atoms with Crippen LogP contribution in [0.15, 0.2) is 73.4 Å². The Morgan fingerprint density at radius 1 is 0.908 bits per heavy atom. The number of H-pyrrole nitrogens is 1. The van der Waals surface area contributed by atoms with Crippen molar-refractivity contribution < 1.29 is 33.6 Å². The molecule has 0 bridgehead atoms. The summed E-state index contributed by atoms with van der Waals surface area (Å²) in [7, 11) is 0. The van der Waals surface area contributed by atoms with E-state index in [0.717, 1.165) is 21.5 Å². The van der Waals surface area contributed by atoms with Gasteiger partial charge in [-0.3, -0.25) is 39.1 Å². The van der Waals surface area contributed by atoms with E-state index in [1.165, 1.54) is 13.8 Å². The molecule has 8 amide bonds. The van der Waals surface area contributed by atoms with Gasteiger partial charge < -0.3 is 48.8 Å². The van der Waals surface area contributed by atoms with E-state index in [1.54, 1.807) is 36.5 Å². The van der Waals surface area contributed by atoms with Crippen LogP contribution in [0.4, 0.5) is 4.79 Å². The van der Waals surface area contributed by atoms with Crippen molar-refractivity contribution >= 4 is 52.4 Å². The molecule has 3 aromatic rings. The fourth-order valence-corrected chi connectivity index (χ4v) is 7.08. The molecule has 0 saturated carbocycles. The van der Waals surface area contributed by atoms with Crippen molar-refractivity contribution in [3.63, 3.8) is 0 Å². The fourth-order valence-electron chi connectivity index (χ4n) is 7.08. The number of carbonyl (C=O) groups excluding carboxylic acids is 7. The molecule has 19 nitrogen and oxygen atoms in total. The Balaban J connectivity index is 1.65. The summed E-state index contributed by atoms with van der Waals surface area (Å²) in [6.45, 7) is 8.16. The average molecular weight is 897 g/mol. The van der Waals surface area contributed by atoms with Gasteiger partial charge in [0, 0.05) is 36.5 Å². The predicted octanol–water partition coefficient (Wildman–Crippen LogP) is -0.0396. The van der Waals surface area contributed by atoms with E-state index >= 15 is 0 Å². The molecule has 6 atom stereocenters. The van der Waals surface area contributed by atoms with Gasteiger partial charge in [-0.1, -0.05) is 66.4 Å². The van der Waals surface area contributed by atoms with Crippen LogP contribution in [-0.2, 0) is 41.6 Å². The number of primary amides is 1. The van der Waals surface area contributed by atoms with Crippen molar-refractivity contribution in [2.75, 3.05) is 32.7 Å². The standard InChI is InChI=1S/C46H64N12O7/c1-4-23-57-24-13-11-21-37(43(62)54-38(27-32-16-6-5-7-17-32)45(64)52-36(40(49)59)20-10-12-22-47)53-42(61)31(3)51-44(63)39(28-33-29-50-35-19-9-8-18-34(33)35)55-46(65)58(26-15-14-25-57)56-41(60)30(2)48/h4-9,16-19,29-31,36-39,50H,1,10-13,20-28,47-48H2,2-3H3,(H2,49,59)(H,51,63)(H,52,64)(H,53,61)(H,54,62)(H,55,65)(H,56,60)/t30-,31-,36-,37-,38+,39+/m0/s1. The molecule has 1 aliphatic rings. The smallest absolute Gasteiger partial charge is 0.337 e. The number of hydrogen-bond donors (Lipinski definition) is 10. The summed E-state index contributed by atoms with van der Waals surface area (Å²) in [4.78, 5) is 100. The summed E-state index contributed by atoms with van der Waals surface area (Å²) in [5.74, 6) is 1.84. The lowest BCUT2D eigenvalue weighted by Crippen LogP contribution is -2.60. The van der Waals surface area contributed by atoms with Crippen molar-refractivity contribution in [3.05, 3.63) is 84.6 Å². The van der Waals surface area contributed by atoms with Crippen LogP contribution in [0.3, 0.4) is 0 Å². The number of amides is 8. The van der Waals surface area contributed by atoms with Gasteiger partial charge in [0.05, 0.1) is 12.6 Å². The van der Waals surface area contributed by atoms with Crippen LogP contribution >= 0.6 is 0 Å². The highest BCUT2D eigenvalue weighted by Gasteiger charge is 2.32. The van der Waals surface area contributed by atoms with Crippen LogP contribution in [-0.4, -0.2) is 125 Å². The second kappa shape index (κ2) is 26.1.